The van der Waals surface area contributed by atoms with Crippen molar-refractivity contribution >= 4 is 12.0 Å². The zero-order valence-electron chi connectivity index (χ0n) is 16.0. The van der Waals surface area contributed by atoms with Gasteiger partial charge >= 0.3 is 0 Å². The number of aryl methyl sites for hydroxylation is 3. The first-order valence-electron chi connectivity index (χ1n) is 9.58. The van der Waals surface area contributed by atoms with Gasteiger partial charge in [0.15, 0.2) is 0 Å². The van der Waals surface area contributed by atoms with E-state index in [4.69, 9.17) is 0 Å². The van der Waals surface area contributed by atoms with Gasteiger partial charge in [-0.1, -0.05) is 19.1 Å². The summed E-state index contributed by atoms with van der Waals surface area (Å²) in [5.74, 6) is 1.78. The molecule has 0 fully saturated rings. The van der Waals surface area contributed by atoms with Crippen LogP contribution in [0.25, 0.3) is 6.08 Å². The van der Waals surface area contributed by atoms with Crippen molar-refractivity contribution < 1.29 is 5.11 Å². The third kappa shape index (κ3) is 4.84. The van der Waals surface area contributed by atoms with Gasteiger partial charge in [-0.15, -0.1) is 0 Å². The molecule has 0 bridgehead atoms. The van der Waals surface area contributed by atoms with Crippen LogP contribution in [0.4, 0.5) is 5.95 Å². The van der Waals surface area contributed by atoms with Crippen LogP contribution in [-0.4, -0.2) is 21.6 Å². The van der Waals surface area contributed by atoms with E-state index in [1.165, 1.54) is 17.5 Å². The quantitative estimate of drug-likeness (QED) is 0.669. The van der Waals surface area contributed by atoms with Gasteiger partial charge in [0.05, 0.1) is 5.69 Å². The summed E-state index contributed by atoms with van der Waals surface area (Å²) in [5.41, 5.74) is 5.75. The third-order valence-electron chi connectivity index (χ3n) is 5.05. The summed E-state index contributed by atoms with van der Waals surface area (Å²) < 4.78 is 0. The largest absolute Gasteiger partial charge is 0.508 e. The summed E-state index contributed by atoms with van der Waals surface area (Å²) in [5, 5.41) is 13.1. The number of benzene rings is 1. The van der Waals surface area contributed by atoms with Gasteiger partial charge in [0, 0.05) is 17.8 Å². The van der Waals surface area contributed by atoms with Crippen LogP contribution in [0, 0.1) is 19.8 Å². The molecule has 1 heterocycles. The topological polar surface area (TPSA) is 58.0 Å². The van der Waals surface area contributed by atoms with Crippen molar-refractivity contribution in [3.8, 4) is 5.75 Å². The van der Waals surface area contributed by atoms with E-state index in [1.54, 1.807) is 6.07 Å². The standard InChI is InChI=1S/C22H29N3O/c1-15(9-10-18-12-16(2)13-19(26)14-18)6-5-11-23-22-24-17(3)20-7-4-8-21(20)25-22/h4,8,12-15,26H,5-7,9-11H2,1-3H3,(H,23,24,25). The molecule has 1 unspecified atom stereocenters. The van der Waals surface area contributed by atoms with Gasteiger partial charge in [0.25, 0.3) is 0 Å². The normalized spacial score (nSPS) is 13.7. The lowest BCUT2D eigenvalue weighted by molar-refractivity contribution is 0.468. The number of nitrogens with one attached hydrogen (secondary N) is 1. The minimum atomic E-state index is 0.372. The lowest BCUT2D eigenvalue weighted by Gasteiger charge is -2.13. The molecule has 1 aromatic heterocycles. The molecule has 0 radical (unpaired) electrons. The Bertz CT molecular complexity index is 778. The van der Waals surface area contributed by atoms with E-state index in [-0.39, 0.29) is 0 Å². The first-order valence-corrected chi connectivity index (χ1v) is 9.58. The molecule has 0 saturated carbocycles. The highest BCUT2D eigenvalue weighted by atomic mass is 16.3. The van der Waals surface area contributed by atoms with Crippen molar-refractivity contribution in [2.75, 3.05) is 11.9 Å². The molecule has 3 rings (SSSR count). The predicted molar refractivity (Wildman–Crippen MR) is 108 cm³/mol. The van der Waals surface area contributed by atoms with Crippen molar-refractivity contribution in [2.24, 2.45) is 5.92 Å². The molecule has 26 heavy (non-hydrogen) atoms. The number of rotatable bonds is 8. The smallest absolute Gasteiger partial charge is 0.223 e. The number of hydrogen-bond acceptors (Lipinski definition) is 4. The van der Waals surface area contributed by atoms with Gasteiger partial charge in [-0.2, -0.15) is 0 Å². The maximum absolute atomic E-state index is 9.69. The van der Waals surface area contributed by atoms with Crippen LogP contribution in [-0.2, 0) is 12.8 Å². The van der Waals surface area contributed by atoms with Gasteiger partial charge in [-0.25, -0.2) is 9.97 Å². The second-order valence-electron chi connectivity index (χ2n) is 7.49. The zero-order valence-corrected chi connectivity index (χ0v) is 16.0. The van der Waals surface area contributed by atoms with Gasteiger partial charge < -0.3 is 10.4 Å². The lowest BCUT2D eigenvalue weighted by Crippen LogP contribution is -2.09. The molecular weight excluding hydrogens is 322 g/mol. The Balaban J connectivity index is 1.39. The number of hydrogen-bond donors (Lipinski definition) is 2. The Morgan fingerprint density at radius 2 is 2.00 bits per heavy atom. The molecule has 1 atom stereocenters. The summed E-state index contributed by atoms with van der Waals surface area (Å²) in [6.45, 7) is 7.29. The molecule has 0 amide bonds. The second-order valence-corrected chi connectivity index (χ2v) is 7.49. The van der Waals surface area contributed by atoms with Crippen LogP contribution in [0.5, 0.6) is 5.75 Å². The van der Waals surface area contributed by atoms with Gasteiger partial charge in [0.2, 0.25) is 5.95 Å². The van der Waals surface area contributed by atoms with E-state index in [2.05, 4.69) is 47.4 Å². The van der Waals surface area contributed by atoms with Crippen LogP contribution in [0.1, 0.15) is 54.3 Å². The molecule has 0 spiro atoms. The molecule has 0 saturated heterocycles. The maximum Gasteiger partial charge on any atom is 0.223 e. The second kappa shape index (κ2) is 8.35. The fourth-order valence-corrected chi connectivity index (χ4v) is 3.57. The van der Waals surface area contributed by atoms with E-state index in [0.717, 1.165) is 55.1 Å². The minimum Gasteiger partial charge on any atom is -0.508 e. The Labute approximate surface area is 156 Å². The predicted octanol–water partition coefficient (Wildman–Crippen LogP) is 4.83. The molecule has 1 aliphatic carbocycles. The number of fused-ring (bicyclic) bond motifs is 1. The zero-order chi connectivity index (χ0) is 18.5. The molecule has 2 N–H and O–H groups in total. The van der Waals surface area contributed by atoms with Crippen molar-refractivity contribution in [1.29, 1.82) is 0 Å². The van der Waals surface area contributed by atoms with Crippen molar-refractivity contribution in [2.45, 2.75) is 52.9 Å². The maximum atomic E-state index is 9.69. The van der Waals surface area contributed by atoms with Crippen molar-refractivity contribution in [3.63, 3.8) is 0 Å². The first kappa shape index (κ1) is 18.4. The van der Waals surface area contributed by atoms with E-state index in [0.29, 0.717) is 11.7 Å². The Morgan fingerprint density at radius 3 is 2.81 bits per heavy atom. The van der Waals surface area contributed by atoms with Crippen molar-refractivity contribution in [3.05, 3.63) is 52.4 Å². The molecule has 2 aromatic rings. The number of phenols is 1. The third-order valence-corrected chi connectivity index (χ3v) is 5.05. The summed E-state index contributed by atoms with van der Waals surface area (Å²) >= 11 is 0. The Kier molecular flexibility index (Phi) is 5.92. The monoisotopic (exact) mass is 351 g/mol. The number of allylic oxidation sites excluding steroid dienone is 1. The number of aromatic nitrogens is 2. The van der Waals surface area contributed by atoms with Crippen molar-refractivity contribution in [1.82, 2.24) is 9.97 Å². The van der Waals surface area contributed by atoms with E-state index in [1.807, 2.05) is 13.0 Å². The van der Waals surface area contributed by atoms with Gasteiger partial charge in [-0.05, 0) is 81.2 Å². The highest BCUT2D eigenvalue weighted by Crippen LogP contribution is 2.22. The van der Waals surface area contributed by atoms with Crippen LogP contribution < -0.4 is 5.32 Å². The van der Waals surface area contributed by atoms with Crippen LogP contribution in [0.15, 0.2) is 24.3 Å². The fraction of sp³-hybridized carbons (Fsp3) is 0.455. The molecule has 138 valence electrons. The molecule has 1 aliphatic rings. The first-order chi connectivity index (χ1) is 12.5. The van der Waals surface area contributed by atoms with E-state index in [9.17, 15) is 5.11 Å². The number of aromatic hydroxyl groups is 1. The van der Waals surface area contributed by atoms with Crippen LogP contribution >= 0.6 is 0 Å². The summed E-state index contributed by atoms with van der Waals surface area (Å²) in [6.07, 6.45) is 9.62. The van der Waals surface area contributed by atoms with Gasteiger partial charge in [-0.3, -0.25) is 0 Å². The molecule has 1 aromatic carbocycles. The summed E-state index contributed by atoms with van der Waals surface area (Å²) in [6, 6.07) is 5.84. The van der Waals surface area contributed by atoms with Crippen LogP contribution in [0.2, 0.25) is 0 Å². The minimum absolute atomic E-state index is 0.372. The fourth-order valence-electron chi connectivity index (χ4n) is 3.57. The van der Waals surface area contributed by atoms with E-state index < -0.39 is 0 Å². The summed E-state index contributed by atoms with van der Waals surface area (Å²) in [4.78, 5) is 9.16. The average Bonchev–Trinajstić information content (AvgIpc) is 3.05. The number of phenolic OH excluding ortho intramolecular Hbond substituents is 1. The SMILES string of the molecule is Cc1cc(O)cc(CCC(C)CCCNc2nc(C)c3c(n2)C=CC3)c1. The summed E-state index contributed by atoms with van der Waals surface area (Å²) in [7, 11) is 0. The van der Waals surface area contributed by atoms with E-state index >= 15 is 0 Å². The number of anilines is 1. The Hall–Kier alpha value is -2.36. The molecule has 4 nitrogen and oxygen atoms in total. The molecule has 0 aliphatic heterocycles. The molecule has 4 heteroatoms. The van der Waals surface area contributed by atoms with Crippen LogP contribution in [0.3, 0.4) is 0 Å². The Morgan fingerprint density at radius 1 is 1.15 bits per heavy atom. The highest BCUT2D eigenvalue weighted by molar-refractivity contribution is 5.58. The lowest BCUT2D eigenvalue weighted by atomic mass is 9.96. The molecular formula is C22H29N3O. The van der Waals surface area contributed by atoms with Gasteiger partial charge in [0.1, 0.15) is 5.75 Å². The highest BCUT2D eigenvalue weighted by Gasteiger charge is 2.12. The number of nitrogens with zero attached hydrogens (tertiary/aromatic N) is 2. The average molecular weight is 351 g/mol.